The Morgan fingerprint density at radius 1 is 0.717 bits per heavy atom. The van der Waals surface area contributed by atoms with Crippen LogP contribution in [0.4, 0.5) is 4.79 Å². The number of benzene rings is 5. The molecule has 9 heteroatoms. The zero-order chi connectivity index (χ0) is 42.5. The number of thioether (sulfide) groups is 1. The summed E-state index contributed by atoms with van der Waals surface area (Å²) in [6, 6.07) is 47.7. The van der Waals surface area contributed by atoms with Crippen molar-refractivity contribution >= 4 is 37.9 Å². The Morgan fingerprint density at radius 2 is 1.22 bits per heavy atom. The van der Waals surface area contributed by atoms with Crippen LogP contribution in [0.25, 0.3) is 11.1 Å². The maximum absolute atomic E-state index is 13.9. The number of rotatable bonds is 19. The number of amides is 1. The van der Waals surface area contributed by atoms with Crippen LogP contribution in [0, 0.1) is 5.92 Å². The molecule has 5 aromatic carbocycles. The summed E-state index contributed by atoms with van der Waals surface area (Å²) < 4.78 is 17.0. The van der Waals surface area contributed by atoms with Gasteiger partial charge in [-0.05, 0) is 69.2 Å². The van der Waals surface area contributed by atoms with Crippen molar-refractivity contribution in [1.29, 1.82) is 0 Å². The number of esters is 2. The molecule has 0 saturated heterocycles. The summed E-state index contributed by atoms with van der Waals surface area (Å²) in [5.74, 6) is -0.787. The number of fused-ring (bicyclic) bond motifs is 3. The fourth-order valence-electron chi connectivity index (χ4n) is 7.63. The molecule has 0 spiro atoms. The Morgan fingerprint density at radius 3 is 1.72 bits per heavy atom. The monoisotopic (exact) mass is 839 g/mol. The van der Waals surface area contributed by atoms with E-state index in [1.807, 2.05) is 74.1 Å². The second-order valence-electron chi connectivity index (χ2n) is 16.7. The summed E-state index contributed by atoms with van der Waals surface area (Å²) in [5, 5.41) is 2.76. The standard InChI is InChI=1S/C51H57NO6SSi/c1-37(2)48(52-50(55)57-36-46-44-30-17-15-28-42(44)43-29-16-18-31-45(43)46)49(54)58-41(35-47(53)56-32-34-60(3,4)5)27-19-20-33-59-51(38-21-9-6-10-22-38,39-23-11-7-12-24-39)40-25-13-8-14-26-40/h6-19,21-31,37,41,46,48H,20,32-36H2,1-5H3,(H,52,55)/b27-19+/t41?,48-/m0/s1. The molecule has 7 nitrogen and oxygen atoms in total. The van der Waals surface area contributed by atoms with Crippen molar-refractivity contribution in [3.05, 3.63) is 179 Å². The van der Waals surface area contributed by atoms with Gasteiger partial charge in [0, 0.05) is 14.0 Å². The van der Waals surface area contributed by atoms with Crippen LogP contribution in [0.1, 0.15) is 60.4 Å². The highest BCUT2D eigenvalue weighted by atomic mass is 32.2. The van der Waals surface area contributed by atoms with Crippen LogP contribution in [0.2, 0.25) is 25.7 Å². The van der Waals surface area contributed by atoms with E-state index in [4.69, 9.17) is 14.2 Å². The zero-order valence-corrected chi connectivity index (χ0v) is 37.2. The molecule has 60 heavy (non-hydrogen) atoms. The summed E-state index contributed by atoms with van der Waals surface area (Å²) in [6.45, 7) is 10.8. The van der Waals surface area contributed by atoms with Gasteiger partial charge in [0.25, 0.3) is 0 Å². The first kappa shape index (κ1) is 44.2. The smallest absolute Gasteiger partial charge is 0.407 e. The number of ether oxygens (including phenoxy) is 3. The maximum atomic E-state index is 13.9. The lowest BCUT2D eigenvalue weighted by Crippen LogP contribution is -2.46. The molecule has 0 saturated carbocycles. The van der Waals surface area contributed by atoms with E-state index in [-0.39, 0.29) is 24.9 Å². The Kier molecular flexibility index (Phi) is 15.3. The number of carbonyl (C=O) groups is 3. The fraction of sp³-hybridized carbons (Fsp3) is 0.314. The number of hydrogen-bond donors (Lipinski definition) is 1. The SMILES string of the molecule is CC(C)[C@H](NC(=O)OCC1c2ccccc2-c2ccccc21)C(=O)OC(/C=C/CCSC(c1ccccc1)(c1ccccc1)c1ccccc1)CC(=O)OCC[Si](C)(C)C. The van der Waals surface area contributed by atoms with Gasteiger partial charge in [0.2, 0.25) is 0 Å². The third-order valence-electron chi connectivity index (χ3n) is 10.8. The van der Waals surface area contributed by atoms with Crippen LogP contribution in [-0.2, 0) is 28.5 Å². The molecule has 0 aromatic heterocycles. The first-order valence-corrected chi connectivity index (χ1v) is 25.6. The summed E-state index contributed by atoms with van der Waals surface area (Å²) in [7, 11) is -1.43. The van der Waals surface area contributed by atoms with Crippen LogP contribution >= 0.6 is 11.8 Å². The van der Waals surface area contributed by atoms with Crippen molar-refractivity contribution in [1.82, 2.24) is 5.32 Å². The van der Waals surface area contributed by atoms with Crippen molar-refractivity contribution in [2.45, 2.75) is 75.2 Å². The molecule has 0 heterocycles. The second-order valence-corrected chi connectivity index (χ2v) is 23.7. The first-order valence-electron chi connectivity index (χ1n) is 20.9. The highest BCUT2D eigenvalue weighted by molar-refractivity contribution is 8.00. The normalized spacial score (nSPS) is 13.6. The van der Waals surface area contributed by atoms with E-state index in [9.17, 15) is 14.4 Å². The zero-order valence-electron chi connectivity index (χ0n) is 35.3. The predicted octanol–water partition coefficient (Wildman–Crippen LogP) is 11.4. The van der Waals surface area contributed by atoms with E-state index >= 15 is 0 Å². The van der Waals surface area contributed by atoms with E-state index in [1.165, 1.54) is 16.7 Å². The van der Waals surface area contributed by atoms with E-state index in [1.54, 1.807) is 6.08 Å². The van der Waals surface area contributed by atoms with Gasteiger partial charge in [0.05, 0.1) is 17.8 Å². The third kappa shape index (κ3) is 11.3. The predicted molar refractivity (Wildman–Crippen MR) is 246 cm³/mol. The molecule has 1 aliphatic carbocycles. The minimum absolute atomic E-state index is 0.118. The summed E-state index contributed by atoms with van der Waals surface area (Å²) >= 11 is 1.83. The second kappa shape index (κ2) is 20.7. The molecule has 6 rings (SSSR count). The number of alkyl carbamates (subject to hydrolysis) is 1. The maximum Gasteiger partial charge on any atom is 0.407 e. The minimum atomic E-state index is -1.43. The molecular formula is C51H57NO6SSi. The topological polar surface area (TPSA) is 90.9 Å². The molecule has 312 valence electrons. The van der Waals surface area contributed by atoms with Gasteiger partial charge in [-0.15, -0.1) is 11.8 Å². The van der Waals surface area contributed by atoms with Gasteiger partial charge < -0.3 is 19.5 Å². The molecule has 1 amide bonds. The highest BCUT2D eigenvalue weighted by Gasteiger charge is 2.37. The van der Waals surface area contributed by atoms with Gasteiger partial charge in [-0.1, -0.05) is 179 Å². The van der Waals surface area contributed by atoms with Crippen LogP contribution in [0.15, 0.2) is 152 Å². The Balaban J connectivity index is 1.14. The van der Waals surface area contributed by atoms with Crippen LogP contribution in [0.3, 0.4) is 0 Å². The molecule has 2 atom stereocenters. The van der Waals surface area contributed by atoms with Crippen molar-refractivity contribution < 1.29 is 28.6 Å². The van der Waals surface area contributed by atoms with Gasteiger partial charge in [-0.3, -0.25) is 4.79 Å². The average molecular weight is 840 g/mol. The molecule has 0 fully saturated rings. The van der Waals surface area contributed by atoms with E-state index in [2.05, 4.69) is 122 Å². The summed E-state index contributed by atoms with van der Waals surface area (Å²) in [6.07, 6.45) is 2.64. The third-order valence-corrected chi connectivity index (χ3v) is 14.1. The van der Waals surface area contributed by atoms with Crippen LogP contribution in [-0.4, -0.2) is 57.2 Å². The van der Waals surface area contributed by atoms with Crippen molar-refractivity contribution in [2.24, 2.45) is 5.92 Å². The fourth-order valence-corrected chi connectivity index (χ4v) is 9.81. The van der Waals surface area contributed by atoms with Gasteiger partial charge in [-0.2, -0.15) is 0 Å². The minimum Gasteiger partial charge on any atom is -0.466 e. The summed E-state index contributed by atoms with van der Waals surface area (Å²) in [4.78, 5) is 40.3. The quantitative estimate of drug-likeness (QED) is 0.0221. The molecule has 1 N–H and O–H groups in total. The van der Waals surface area contributed by atoms with Crippen LogP contribution in [0.5, 0.6) is 0 Å². The lowest BCUT2D eigenvalue weighted by atomic mass is 9.84. The molecule has 5 aromatic rings. The molecule has 0 bridgehead atoms. The number of carbonyl (C=O) groups excluding carboxylic acids is 3. The number of nitrogens with one attached hydrogen (secondary N) is 1. The van der Waals surface area contributed by atoms with E-state index < -0.39 is 43.0 Å². The summed E-state index contributed by atoms with van der Waals surface area (Å²) in [5.41, 5.74) is 7.98. The van der Waals surface area contributed by atoms with E-state index in [0.717, 1.165) is 34.1 Å². The molecule has 1 unspecified atom stereocenters. The highest BCUT2D eigenvalue weighted by Crippen LogP contribution is 2.49. The van der Waals surface area contributed by atoms with Gasteiger partial charge in [0.1, 0.15) is 18.8 Å². The molecular weight excluding hydrogens is 783 g/mol. The van der Waals surface area contributed by atoms with Crippen molar-refractivity contribution in [3.8, 4) is 11.1 Å². The van der Waals surface area contributed by atoms with E-state index in [0.29, 0.717) is 13.0 Å². The van der Waals surface area contributed by atoms with Crippen molar-refractivity contribution in [3.63, 3.8) is 0 Å². The van der Waals surface area contributed by atoms with Crippen molar-refractivity contribution in [2.75, 3.05) is 19.0 Å². The Hall–Kier alpha value is -5.38. The number of allylic oxidation sites excluding steroid dienone is 1. The molecule has 0 aliphatic heterocycles. The van der Waals surface area contributed by atoms with Crippen LogP contribution < -0.4 is 5.32 Å². The Labute approximate surface area is 361 Å². The van der Waals surface area contributed by atoms with Gasteiger partial charge in [0.15, 0.2) is 0 Å². The first-order chi connectivity index (χ1) is 29.0. The lowest BCUT2D eigenvalue weighted by Gasteiger charge is -2.35. The number of hydrogen-bond acceptors (Lipinski definition) is 7. The Bertz CT molecular complexity index is 2060. The van der Waals surface area contributed by atoms with Gasteiger partial charge >= 0.3 is 18.0 Å². The molecule has 0 radical (unpaired) electrons. The average Bonchev–Trinajstić information content (AvgIpc) is 3.57. The molecule has 1 aliphatic rings. The largest absolute Gasteiger partial charge is 0.466 e. The van der Waals surface area contributed by atoms with Gasteiger partial charge in [-0.25, -0.2) is 9.59 Å². The lowest BCUT2D eigenvalue weighted by molar-refractivity contribution is -0.155.